The summed E-state index contributed by atoms with van der Waals surface area (Å²) in [6.45, 7) is 7.49. The van der Waals surface area contributed by atoms with Gasteiger partial charge >= 0.3 is 11.8 Å². The Balaban J connectivity index is 1.62. The van der Waals surface area contributed by atoms with Crippen LogP contribution in [-0.4, -0.2) is 56.3 Å². The van der Waals surface area contributed by atoms with Gasteiger partial charge in [-0.2, -0.15) is 4.98 Å². The predicted octanol–water partition coefficient (Wildman–Crippen LogP) is 4.85. The molecule has 0 bridgehead atoms. The van der Waals surface area contributed by atoms with Gasteiger partial charge in [0, 0.05) is 37.3 Å². The van der Waals surface area contributed by atoms with Crippen molar-refractivity contribution in [2.75, 3.05) is 24.5 Å². The number of anilines is 1. The number of nitrogens with zero attached hydrogens (tertiary/aromatic N) is 5. The van der Waals surface area contributed by atoms with Gasteiger partial charge in [0.2, 0.25) is 0 Å². The van der Waals surface area contributed by atoms with E-state index in [1.807, 2.05) is 6.92 Å². The number of hydrogen-bond acceptors (Lipinski definition) is 5. The molecule has 3 aromatic rings. The SMILES string of the molecule is CCc1cccc(CC)c1-n1c(=O)nc(N2CCN(C(=O)O)CC2C)c2cc(C3CC3)c(C3CC3)nc21. The monoisotopic (exact) mass is 501 g/mol. The van der Waals surface area contributed by atoms with Gasteiger partial charge in [0.25, 0.3) is 0 Å². The van der Waals surface area contributed by atoms with Gasteiger partial charge in [-0.25, -0.2) is 19.1 Å². The maximum Gasteiger partial charge on any atom is 0.407 e. The predicted molar refractivity (Wildman–Crippen MR) is 144 cm³/mol. The smallest absolute Gasteiger partial charge is 0.407 e. The Hall–Kier alpha value is -3.42. The standard InChI is InChI=1S/C29H35N5O3/c1-4-18-7-6-8-19(5-2)25(18)34-27-23(15-22(20-9-10-20)24(30-27)21-11-12-21)26(31-28(34)35)33-14-13-32(29(36)37)16-17(33)3/h6-8,15,17,20-21H,4-5,9-14,16H2,1-3H3,(H,36,37). The molecule has 8 heteroatoms. The molecule has 1 amide bonds. The number of aromatic nitrogens is 3. The molecule has 0 spiro atoms. The third-order valence-corrected chi connectivity index (χ3v) is 8.25. The first-order chi connectivity index (χ1) is 17.9. The van der Waals surface area contributed by atoms with E-state index >= 15 is 0 Å². The van der Waals surface area contributed by atoms with E-state index in [0.29, 0.717) is 42.9 Å². The van der Waals surface area contributed by atoms with Crippen molar-refractivity contribution in [2.45, 2.75) is 77.2 Å². The molecule has 37 heavy (non-hydrogen) atoms. The van der Waals surface area contributed by atoms with Crippen LogP contribution in [-0.2, 0) is 12.8 Å². The van der Waals surface area contributed by atoms with Crippen molar-refractivity contribution < 1.29 is 9.90 Å². The van der Waals surface area contributed by atoms with Crippen LogP contribution in [0.4, 0.5) is 10.6 Å². The molecule has 1 unspecified atom stereocenters. The zero-order chi connectivity index (χ0) is 25.8. The normalized spacial score (nSPS) is 20.0. The summed E-state index contributed by atoms with van der Waals surface area (Å²) >= 11 is 0. The Kier molecular flexibility index (Phi) is 5.92. The summed E-state index contributed by atoms with van der Waals surface area (Å²) < 4.78 is 1.76. The van der Waals surface area contributed by atoms with Gasteiger partial charge in [0.15, 0.2) is 5.65 Å². The quantitative estimate of drug-likeness (QED) is 0.519. The van der Waals surface area contributed by atoms with E-state index in [4.69, 9.17) is 9.97 Å². The maximum atomic E-state index is 13.9. The number of carbonyl (C=O) groups is 1. The lowest BCUT2D eigenvalue weighted by molar-refractivity contribution is 0.136. The molecule has 1 saturated heterocycles. The molecule has 194 valence electrons. The lowest BCUT2D eigenvalue weighted by Crippen LogP contribution is -2.54. The number of rotatable bonds is 6. The average Bonchev–Trinajstić information content (AvgIpc) is 3.81. The van der Waals surface area contributed by atoms with Crippen molar-refractivity contribution in [1.82, 2.24) is 19.4 Å². The maximum absolute atomic E-state index is 13.9. The highest BCUT2D eigenvalue weighted by Gasteiger charge is 2.36. The van der Waals surface area contributed by atoms with Gasteiger partial charge in [-0.1, -0.05) is 32.0 Å². The van der Waals surface area contributed by atoms with Crippen LogP contribution in [0.25, 0.3) is 16.7 Å². The molecule has 1 N–H and O–H groups in total. The number of para-hydroxylation sites is 1. The molecule has 2 saturated carbocycles. The Bertz CT molecular complexity index is 1420. The first kappa shape index (κ1) is 23.9. The lowest BCUT2D eigenvalue weighted by Gasteiger charge is -2.39. The Morgan fingerprint density at radius 1 is 1.03 bits per heavy atom. The highest BCUT2D eigenvalue weighted by Crippen LogP contribution is 2.49. The van der Waals surface area contributed by atoms with E-state index in [0.717, 1.165) is 53.6 Å². The van der Waals surface area contributed by atoms with Crippen LogP contribution < -0.4 is 10.6 Å². The fourth-order valence-corrected chi connectivity index (χ4v) is 5.93. The number of amides is 1. The van der Waals surface area contributed by atoms with Gasteiger partial charge in [-0.15, -0.1) is 0 Å². The van der Waals surface area contributed by atoms with Crippen molar-refractivity contribution in [2.24, 2.45) is 0 Å². The Morgan fingerprint density at radius 3 is 2.27 bits per heavy atom. The number of piperazine rings is 1. The molecule has 3 heterocycles. The van der Waals surface area contributed by atoms with Gasteiger partial charge in [0.1, 0.15) is 5.82 Å². The molecule has 1 aromatic carbocycles. The van der Waals surface area contributed by atoms with Crippen LogP contribution in [0.2, 0.25) is 0 Å². The number of carboxylic acid groups (broad SMARTS) is 1. The molecule has 0 radical (unpaired) electrons. The average molecular weight is 502 g/mol. The van der Waals surface area contributed by atoms with Crippen molar-refractivity contribution in [3.8, 4) is 5.69 Å². The van der Waals surface area contributed by atoms with E-state index in [1.54, 1.807) is 4.57 Å². The number of fused-ring (bicyclic) bond motifs is 1. The largest absolute Gasteiger partial charge is 0.465 e. The second-order valence-electron chi connectivity index (χ2n) is 10.8. The van der Waals surface area contributed by atoms with Crippen LogP contribution in [0.1, 0.15) is 80.7 Å². The van der Waals surface area contributed by atoms with E-state index in [2.05, 4.69) is 43.0 Å². The van der Waals surface area contributed by atoms with Gasteiger partial charge in [-0.3, -0.25) is 0 Å². The van der Waals surface area contributed by atoms with Crippen LogP contribution in [0.15, 0.2) is 29.1 Å². The summed E-state index contributed by atoms with van der Waals surface area (Å²) in [5, 5.41) is 10.4. The summed E-state index contributed by atoms with van der Waals surface area (Å²) in [5.41, 5.74) is 5.99. The highest BCUT2D eigenvalue weighted by molar-refractivity contribution is 5.90. The Morgan fingerprint density at radius 2 is 1.70 bits per heavy atom. The molecular weight excluding hydrogens is 466 g/mol. The number of hydrogen-bond donors (Lipinski definition) is 1. The summed E-state index contributed by atoms with van der Waals surface area (Å²) in [5.74, 6) is 1.65. The number of aryl methyl sites for hydroxylation is 2. The summed E-state index contributed by atoms with van der Waals surface area (Å²) in [7, 11) is 0. The van der Waals surface area contributed by atoms with E-state index in [1.165, 1.54) is 23.3 Å². The van der Waals surface area contributed by atoms with E-state index in [-0.39, 0.29) is 11.7 Å². The van der Waals surface area contributed by atoms with E-state index < -0.39 is 6.09 Å². The minimum absolute atomic E-state index is 0.0996. The molecule has 6 rings (SSSR count). The van der Waals surface area contributed by atoms with Gasteiger partial charge in [0.05, 0.1) is 11.1 Å². The van der Waals surface area contributed by atoms with Gasteiger partial charge in [-0.05, 0) is 74.1 Å². The summed E-state index contributed by atoms with van der Waals surface area (Å²) in [6.07, 6.45) is 5.38. The zero-order valence-electron chi connectivity index (χ0n) is 21.9. The van der Waals surface area contributed by atoms with Crippen LogP contribution in [0, 0.1) is 0 Å². The van der Waals surface area contributed by atoms with Crippen molar-refractivity contribution >= 4 is 22.9 Å². The number of pyridine rings is 1. The fraction of sp³-hybridized carbons (Fsp3) is 0.517. The Labute approximate surface area is 216 Å². The fourth-order valence-electron chi connectivity index (χ4n) is 5.93. The van der Waals surface area contributed by atoms with E-state index in [9.17, 15) is 14.7 Å². The second-order valence-corrected chi connectivity index (χ2v) is 10.8. The van der Waals surface area contributed by atoms with Crippen molar-refractivity contribution in [1.29, 1.82) is 0 Å². The summed E-state index contributed by atoms with van der Waals surface area (Å²) in [6, 6.07) is 8.41. The molecule has 3 aliphatic rings. The molecule has 8 nitrogen and oxygen atoms in total. The first-order valence-corrected chi connectivity index (χ1v) is 13.7. The number of benzene rings is 1. The lowest BCUT2D eigenvalue weighted by atomic mass is 10.0. The van der Waals surface area contributed by atoms with Gasteiger partial charge < -0.3 is 14.9 Å². The molecular formula is C29H35N5O3. The molecule has 2 aliphatic carbocycles. The minimum atomic E-state index is -0.908. The summed E-state index contributed by atoms with van der Waals surface area (Å²) in [4.78, 5) is 39.1. The van der Waals surface area contributed by atoms with Crippen molar-refractivity contribution in [3.05, 3.63) is 57.1 Å². The van der Waals surface area contributed by atoms with Crippen LogP contribution >= 0.6 is 0 Å². The minimum Gasteiger partial charge on any atom is -0.465 e. The highest BCUT2D eigenvalue weighted by atomic mass is 16.4. The third-order valence-electron chi connectivity index (χ3n) is 8.25. The molecule has 1 atom stereocenters. The van der Waals surface area contributed by atoms with Crippen LogP contribution in [0.3, 0.4) is 0 Å². The topological polar surface area (TPSA) is 91.6 Å². The molecule has 2 aromatic heterocycles. The second kappa shape index (κ2) is 9.15. The zero-order valence-corrected chi connectivity index (χ0v) is 21.9. The first-order valence-electron chi connectivity index (χ1n) is 13.7. The van der Waals surface area contributed by atoms with Crippen molar-refractivity contribution in [3.63, 3.8) is 0 Å². The molecule has 3 fully saturated rings. The third kappa shape index (κ3) is 4.16. The van der Waals surface area contributed by atoms with Crippen LogP contribution in [0.5, 0.6) is 0 Å². The molecule has 1 aliphatic heterocycles.